The maximum Gasteiger partial charge on any atom is 0.416 e. The molecule has 0 saturated heterocycles. The number of methoxy groups -OCH3 is 1. The summed E-state index contributed by atoms with van der Waals surface area (Å²) in [5.41, 5.74) is -0.874. The standard InChI is InChI=1S/C25H18F5NO6/c1-34-17-9-10-18-19(12-17)36-21(13-3-2-4-14(11-13)25(28,29)30)22(20(18)32)37-24(33)31-15-5-7-16(8-6-15)35-23(26)27/h2-12,21-23H,1H3,(H,31,33)/t21-,22?/m0/s1. The van der Waals surface area contributed by atoms with Crippen molar-refractivity contribution in [3.05, 3.63) is 83.4 Å². The van der Waals surface area contributed by atoms with E-state index in [2.05, 4.69) is 10.1 Å². The van der Waals surface area contributed by atoms with E-state index in [4.69, 9.17) is 14.2 Å². The summed E-state index contributed by atoms with van der Waals surface area (Å²) in [5.74, 6) is -0.476. The van der Waals surface area contributed by atoms with Crippen molar-refractivity contribution in [1.82, 2.24) is 0 Å². The molecular weight excluding hydrogens is 505 g/mol. The van der Waals surface area contributed by atoms with Crippen molar-refractivity contribution >= 4 is 17.6 Å². The maximum absolute atomic E-state index is 13.3. The Morgan fingerprint density at radius 1 is 1.00 bits per heavy atom. The monoisotopic (exact) mass is 523 g/mol. The molecule has 1 N–H and O–H groups in total. The highest BCUT2D eigenvalue weighted by molar-refractivity contribution is 6.04. The van der Waals surface area contributed by atoms with Gasteiger partial charge in [0.05, 0.1) is 18.2 Å². The predicted octanol–water partition coefficient (Wildman–Crippen LogP) is 6.25. The molecule has 1 aliphatic heterocycles. The number of anilines is 1. The highest BCUT2D eigenvalue weighted by Gasteiger charge is 2.42. The maximum atomic E-state index is 13.3. The second kappa shape index (κ2) is 10.3. The molecule has 1 unspecified atom stereocenters. The van der Waals surface area contributed by atoms with E-state index in [1.54, 1.807) is 0 Å². The first-order chi connectivity index (χ1) is 17.5. The molecule has 4 rings (SSSR count). The fourth-order valence-corrected chi connectivity index (χ4v) is 3.65. The van der Waals surface area contributed by atoms with E-state index in [1.807, 2.05) is 0 Å². The summed E-state index contributed by atoms with van der Waals surface area (Å²) < 4.78 is 85.1. The number of rotatable bonds is 6. The van der Waals surface area contributed by atoms with E-state index in [9.17, 15) is 31.5 Å². The Morgan fingerprint density at radius 3 is 2.35 bits per heavy atom. The quantitative estimate of drug-likeness (QED) is 0.385. The lowest BCUT2D eigenvalue weighted by Crippen LogP contribution is -2.41. The number of fused-ring (bicyclic) bond motifs is 1. The Kier molecular flexibility index (Phi) is 7.18. The summed E-state index contributed by atoms with van der Waals surface area (Å²) in [7, 11) is 1.39. The van der Waals surface area contributed by atoms with Gasteiger partial charge in [-0.2, -0.15) is 22.0 Å². The number of nitrogens with one attached hydrogen (secondary N) is 1. The van der Waals surface area contributed by atoms with Crippen LogP contribution in [0.1, 0.15) is 27.6 Å². The lowest BCUT2D eigenvalue weighted by atomic mass is 9.92. The first kappa shape index (κ1) is 25.7. The van der Waals surface area contributed by atoms with Crippen molar-refractivity contribution in [2.75, 3.05) is 12.4 Å². The zero-order valence-electron chi connectivity index (χ0n) is 18.9. The molecule has 0 bridgehead atoms. The van der Waals surface area contributed by atoms with Gasteiger partial charge in [0, 0.05) is 11.8 Å². The molecule has 2 atom stereocenters. The number of ketones is 1. The van der Waals surface area contributed by atoms with Gasteiger partial charge in [0.2, 0.25) is 11.9 Å². The molecule has 1 heterocycles. The average molecular weight is 523 g/mol. The second-order valence-electron chi connectivity index (χ2n) is 7.74. The van der Waals surface area contributed by atoms with E-state index in [-0.39, 0.29) is 28.3 Å². The van der Waals surface area contributed by atoms with E-state index >= 15 is 0 Å². The lowest BCUT2D eigenvalue weighted by Gasteiger charge is -2.32. The molecule has 7 nitrogen and oxygen atoms in total. The number of benzene rings is 3. The molecule has 1 amide bonds. The van der Waals surface area contributed by atoms with Crippen molar-refractivity contribution in [3.8, 4) is 17.2 Å². The molecule has 0 saturated carbocycles. The molecule has 0 spiro atoms. The van der Waals surface area contributed by atoms with Crippen molar-refractivity contribution < 1.29 is 50.5 Å². The minimum Gasteiger partial charge on any atom is -0.497 e. The topological polar surface area (TPSA) is 83.1 Å². The van der Waals surface area contributed by atoms with Crippen LogP contribution in [-0.4, -0.2) is 31.7 Å². The second-order valence-corrected chi connectivity index (χ2v) is 7.74. The highest BCUT2D eigenvalue weighted by Crippen LogP contribution is 2.40. The highest BCUT2D eigenvalue weighted by atomic mass is 19.4. The van der Waals surface area contributed by atoms with Crippen LogP contribution in [0.15, 0.2) is 66.7 Å². The van der Waals surface area contributed by atoms with Crippen LogP contribution in [0, 0.1) is 0 Å². The van der Waals surface area contributed by atoms with E-state index < -0.39 is 42.4 Å². The van der Waals surface area contributed by atoms with Gasteiger partial charge < -0.3 is 18.9 Å². The molecule has 37 heavy (non-hydrogen) atoms. The van der Waals surface area contributed by atoms with Crippen molar-refractivity contribution in [2.45, 2.75) is 25.0 Å². The fraction of sp³-hybridized carbons (Fsp3) is 0.200. The zero-order chi connectivity index (χ0) is 26.7. The minimum atomic E-state index is -4.66. The largest absolute Gasteiger partial charge is 0.497 e. The number of amides is 1. The van der Waals surface area contributed by atoms with Crippen molar-refractivity contribution in [3.63, 3.8) is 0 Å². The zero-order valence-corrected chi connectivity index (χ0v) is 18.9. The van der Waals surface area contributed by atoms with Crippen LogP contribution in [0.3, 0.4) is 0 Å². The van der Waals surface area contributed by atoms with E-state index in [0.717, 1.165) is 18.2 Å². The summed E-state index contributed by atoms with van der Waals surface area (Å²) in [4.78, 5) is 25.9. The van der Waals surface area contributed by atoms with Gasteiger partial charge in [0.25, 0.3) is 0 Å². The molecule has 0 aliphatic carbocycles. The van der Waals surface area contributed by atoms with Gasteiger partial charge in [-0.3, -0.25) is 10.1 Å². The Balaban J connectivity index is 1.62. The number of carbonyl (C=O) groups is 2. The van der Waals surface area contributed by atoms with Crippen LogP contribution < -0.4 is 19.5 Å². The number of ether oxygens (including phenoxy) is 4. The normalized spacial score (nSPS) is 17.0. The molecule has 0 fully saturated rings. The molecular formula is C25H18F5NO6. The SMILES string of the molecule is COc1ccc2c(c1)O[C@@H](c1cccc(C(F)(F)F)c1)C(OC(=O)Nc1ccc(OC(F)F)cc1)C2=O. The van der Waals surface area contributed by atoms with E-state index in [0.29, 0.717) is 5.75 Å². The molecule has 12 heteroatoms. The smallest absolute Gasteiger partial charge is 0.416 e. The van der Waals surface area contributed by atoms with Crippen molar-refractivity contribution in [1.29, 1.82) is 0 Å². The first-order valence-electron chi connectivity index (χ1n) is 10.6. The summed E-state index contributed by atoms with van der Waals surface area (Å²) in [6.07, 6.45) is -8.85. The van der Waals surface area contributed by atoms with Gasteiger partial charge in [0.1, 0.15) is 17.2 Å². The lowest BCUT2D eigenvalue weighted by molar-refractivity contribution is -0.137. The van der Waals surface area contributed by atoms with Gasteiger partial charge >= 0.3 is 18.9 Å². The number of alkyl halides is 5. The number of carbonyl (C=O) groups excluding carboxylic acids is 2. The number of hydrogen-bond donors (Lipinski definition) is 1. The van der Waals surface area contributed by atoms with Crippen LogP contribution in [0.4, 0.5) is 32.4 Å². The summed E-state index contributed by atoms with van der Waals surface area (Å²) in [6.45, 7) is -3.03. The summed E-state index contributed by atoms with van der Waals surface area (Å²) in [6, 6.07) is 13.2. The van der Waals surface area contributed by atoms with Crippen molar-refractivity contribution in [2.24, 2.45) is 0 Å². The van der Waals surface area contributed by atoms with E-state index in [1.165, 1.54) is 55.6 Å². The molecule has 3 aromatic carbocycles. The molecule has 194 valence electrons. The Hall–Kier alpha value is -4.35. The molecule has 1 aliphatic rings. The van der Waals surface area contributed by atoms with Gasteiger partial charge in [-0.15, -0.1) is 0 Å². The molecule has 0 aromatic heterocycles. The van der Waals surface area contributed by atoms with Crippen LogP contribution in [-0.2, 0) is 10.9 Å². The van der Waals surface area contributed by atoms with Gasteiger partial charge in [-0.1, -0.05) is 12.1 Å². The van der Waals surface area contributed by atoms with Gasteiger partial charge in [0.15, 0.2) is 6.10 Å². The number of hydrogen-bond acceptors (Lipinski definition) is 6. The molecule has 0 radical (unpaired) electrons. The first-order valence-corrected chi connectivity index (χ1v) is 10.6. The van der Waals surface area contributed by atoms with Crippen LogP contribution in [0.25, 0.3) is 0 Å². The fourth-order valence-electron chi connectivity index (χ4n) is 3.65. The predicted molar refractivity (Wildman–Crippen MR) is 119 cm³/mol. The van der Waals surface area contributed by atoms with Gasteiger partial charge in [-0.05, 0) is 54.1 Å². The van der Waals surface area contributed by atoms with Crippen LogP contribution in [0.2, 0.25) is 0 Å². The Morgan fingerprint density at radius 2 is 1.70 bits per heavy atom. The summed E-state index contributed by atoms with van der Waals surface area (Å²) in [5, 5.41) is 2.33. The van der Waals surface area contributed by atoms with Crippen LogP contribution >= 0.6 is 0 Å². The minimum absolute atomic E-state index is 0.0373. The third-order valence-electron chi connectivity index (χ3n) is 5.34. The number of halogens is 5. The summed E-state index contributed by atoms with van der Waals surface area (Å²) >= 11 is 0. The Labute approximate surface area is 206 Å². The number of Topliss-reactive ketones (excluding diaryl/α,β-unsaturated/α-hetero) is 1. The molecule has 3 aromatic rings. The third kappa shape index (κ3) is 5.90. The van der Waals surface area contributed by atoms with Gasteiger partial charge in [-0.25, -0.2) is 4.79 Å². The third-order valence-corrected chi connectivity index (χ3v) is 5.34. The Bertz CT molecular complexity index is 1300. The van der Waals surface area contributed by atoms with Crippen LogP contribution in [0.5, 0.6) is 17.2 Å². The average Bonchev–Trinajstić information content (AvgIpc) is 2.85.